The molecule has 1 heterocycles. The molecule has 0 spiro atoms. The number of likely N-dealkylation sites (tertiary alicyclic amines) is 1. The number of nitrogens with zero attached hydrogens (tertiary/aromatic N) is 1. The van der Waals surface area contributed by atoms with E-state index in [1.807, 2.05) is 6.92 Å². The van der Waals surface area contributed by atoms with E-state index >= 15 is 0 Å². The summed E-state index contributed by atoms with van der Waals surface area (Å²) in [6.45, 7) is 6.80. The summed E-state index contributed by atoms with van der Waals surface area (Å²) in [5.74, 6) is -0.342. The first-order chi connectivity index (χ1) is 13.0. The van der Waals surface area contributed by atoms with Crippen molar-refractivity contribution in [3.63, 3.8) is 0 Å². The molecule has 144 valence electrons. The maximum absolute atomic E-state index is 13.0. The maximum atomic E-state index is 13.0. The number of aryl methyl sites for hydroxylation is 1. The third kappa shape index (κ3) is 5.39. The molecule has 1 aliphatic heterocycles. The number of carbonyl (C=O) groups is 1. The van der Waals surface area contributed by atoms with Crippen LogP contribution in [0.5, 0.6) is 0 Å². The van der Waals surface area contributed by atoms with E-state index in [0.717, 1.165) is 18.7 Å². The van der Waals surface area contributed by atoms with Gasteiger partial charge in [0.05, 0.1) is 6.04 Å². The molecule has 2 unspecified atom stereocenters. The summed E-state index contributed by atoms with van der Waals surface area (Å²) in [6, 6.07) is 15.2. The monoisotopic (exact) mass is 368 g/mol. The molecule has 0 saturated carbocycles. The highest BCUT2D eigenvalue weighted by Crippen LogP contribution is 2.25. The molecule has 1 aliphatic rings. The van der Waals surface area contributed by atoms with Gasteiger partial charge in [-0.25, -0.2) is 4.39 Å². The van der Waals surface area contributed by atoms with Crippen molar-refractivity contribution in [3.8, 4) is 0 Å². The number of rotatable bonds is 7. The average molecular weight is 368 g/mol. The average Bonchev–Trinajstić information content (AvgIpc) is 3.19. The predicted octanol–water partition coefficient (Wildman–Crippen LogP) is 4.27. The standard InChI is InChI=1S/C23H29FN2O/c1-17-5-9-20(10-6-17)22(26-13-3-4-14-26)16-25-23(27)18(2)15-19-7-11-21(24)12-8-19/h5-12,18,22H,3-4,13-16H2,1-2H3,(H,25,27). The van der Waals surface area contributed by atoms with E-state index in [2.05, 4.69) is 41.4 Å². The Morgan fingerprint density at radius 2 is 1.70 bits per heavy atom. The SMILES string of the molecule is Cc1ccc(C(CNC(=O)C(C)Cc2ccc(F)cc2)N2CCCC2)cc1. The van der Waals surface area contributed by atoms with Gasteiger partial charge in [0.1, 0.15) is 5.82 Å². The first kappa shape index (κ1) is 19.6. The molecule has 0 aliphatic carbocycles. The van der Waals surface area contributed by atoms with Gasteiger partial charge in [-0.1, -0.05) is 48.9 Å². The Morgan fingerprint density at radius 1 is 1.07 bits per heavy atom. The molecule has 0 bridgehead atoms. The van der Waals surface area contributed by atoms with Crippen LogP contribution >= 0.6 is 0 Å². The van der Waals surface area contributed by atoms with Crippen LogP contribution in [0.25, 0.3) is 0 Å². The Hall–Kier alpha value is -2.20. The summed E-state index contributed by atoms with van der Waals surface area (Å²) in [5.41, 5.74) is 3.48. The van der Waals surface area contributed by atoms with Crippen LogP contribution in [0.3, 0.4) is 0 Å². The highest BCUT2D eigenvalue weighted by Gasteiger charge is 2.24. The minimum Gasteiger partial charge on any atom is -0.354 e. The second kappa shape index (κ2) is 9.14. The lowest BCUT2D eigenvalue weighted by molar-refractivity contribution is -0.124. The van der Waals surface area contributed by atoms with Crippen molar-refractivity contribution in [2.45, 2.75) is 39.2 Å². The summed E-state index contributed by atoms with van der Waals surface area (Å²) >= 11 is 0. The molecule has 3 rings (SSSR count). The fraction of sp³-hybridized carbons (Fsp3) is 0.435. The maximum Gasteiger partial charge on any atom is 0.223 e. The van der Waals surface area contributed by atoms with Gasteiger partial charge in [-0.2, -0.15) is 0 Å². The Kier molecular flexibility index (Phi) is 6.62. The van der Waals surface area contributed by atoms with Gasteiger partial charge < -0.3 is 5.32 Å². The zero-order valence-corrected chi connectivity index (χ0v) is 16.2. The zero-order chi connectivity index (χ0) is 19.2. The van der Waals surface area contributed by atoms with E-state index in [-0.39, 0.29) is 23.7 Å². The van der Waals surface area contributed by atoms with Crippen LogP contribution in [0.4, 0.5) is 4.39 Å². The lowest BCUT2D eigenvalue weighted by Gasteiger charge is -2.29. The highest BCUT2D eigenvalue weighted by atomic mass is 19.1. The van der Waals surface area contributed by atoms with Crippen LogP contribution in [-0.4, -0.2) is 30.4 Å². The predicted molar refractivity (Wildman–Crippen MR) is 107 cm³/mol. The number of carbonyl (C=O) groups excluding carboxylic acids is 1. The van der Waals surface area contributed by atoms with Gasteiger partial charge in [-0.3, -0.25) is 9.69 Å². The highest BCUT2D eigenvalue weighted by molar-refractivity contribution is 5.78. The first-order valence-corrected chi connectivity index (χ1v) is 9.85. The van der Waals surface area contributed by atoms with Crippen LogP contribution in [0.15, 0.2) is 48.5 Å². The topological polar surface area (TPSA) is 32.3 Å². The molecule has 3 nitrogen and oxygen atoms in total. The normalized spacial score (nSPS) is 16.9. The molecule has 1 N–H and O–H groups in total. The van der Waals surface area contributed by atoms with Crippen molar-refractivity contribution in [2.24, 2.45) is 5.92 Å². The summed E-state index contributed by atoms with van der Waals surface area (Å²) in [7, 11) is 0. The van der Waals surface area contributed by atoms with E-state index in [1.165, 1.54) is 36.1 Å². The van der Waals surface area contributed by atoms with Gasteiger partial charge in [0.25, 0.3) is 0 Å². The Bertz CT molecular complexity index is 736. The quantitative estimate of drug-likeness (QED) is 0.792. The minimum atomic E-state index is -0.248. The number of hydrogen-bond acceptors (Lipinski definition) is 2. The molecular formula is C23H29FN2O. The van der Waals surface area contributed by atoms with E-state index < -0.39 is 0 Å². The van der Waals surface area contributed by atoms with Crippen molar-refractivity contribution >= 4 is 5.91 Å². The van der Waals surface area contributed by atoms with Gasteiger partial charge in [-0.05, 0) is 62.5 Å². The fourth-order valence-corrected chi connectivity index (χ4v) is 3.74. The molecule has 1 amide bonds. The zero-order valence-electron chi connectivity index (χ0n) is 16.2. The molecule has 1 saturated heterocycles. The molecule has 2 aromatic carbocycles. The Labute approximate surface area is 161 Å². The van der Waals surface area contributed by atoms with Crippen LogP contribution in [0.1, 0.15) is 42.5 Å². The fourth-order valence-electron chi connectivity index (χ4n) is 3.74. The molecule has 1 fully saturated rings. The molecule has 27 heavy (non-hydrogen) atoms. The number of hydrogen-bond donors (Lipinski definition) is 1. The lowest BCUT2D eigenvalue weighted by Crippen LogP contribution is -2.39. The first-order valence-electron chi connectivity index (χ1n) is 9.85. The Morgan fingerprint density at radius 3 is 2.33 bits per heavy atom. The summed E-state index contributed by atoms with van der Waals surface area (Å²) in [5, 5.41) is 3.15. The molecular weight excluding hydrogens is 339 g/mol. The van der Waals surface area contributed by atoms with Crippen LogP contribution in [0, 0.1) is 18.7 Å². The van der Waals surface area contributed by atoms with E-state index in [0.29, 0.717) is 13.0 Å². The van der Waals surface area contributed by atoms with Crippen molar-refractivity contribution in [2.75, 3.05) is 19.6 Å². The van der Waals surface area contributed by atoms with Crippen molar-refractivity contribution in [1.29, 1.82) is 0 Å². The van der Waals surface area contributed by atoms with E-state index in [9.17, 15) is 9.18 Å². The summed E-state index contributed by atoms with van der Waals surface area (Å²) < 4.78 is 13.0. The van der Waals surface area contributed by atoms with Crippen molar-refractivity contribution in [3.05, 3.63) is 71.0 Å². The number of nitrogens with one attached hydrogen (secondary N) is 1. The van der Waals surface area contributed by atoms with E-state index in [1.54, 1.807) is 12.1 Å². The third-order valence-corrected chi connectivity index (χ3v) is 5.42. The Balaban J connectivity index is 1.60. The molecule has 2 atom stereocenters. The van der Waals surface area contributed by atoms with Crippen LogP contribution in [0.2, 0.25) is 0 Å². The lowest BCUT2D eigenvalue weighted by atomic mass is 9.99. The van der Waals surface area contributed by atoms with Gasteiger partial charge in [0.2, 0.25) is 5.91 Å². The van der Waals surface area contributed by atoms with Crippen molar-refractivity contribution < 1.29 is 9.18 Å². The van der Waals surface area contributed by atoms with Crippen LogP contribution in [-0.2, 0) is 11.2 Å². The van der Waals surface area contributed by atoms with Gasteiger partial charge in [0, 0.05) is 12.5 Å². The summed E-state index contributed by atoms with van der Waals surface area (Å²) in [4.78, 5) is 15.1. The van der Waals surface area contributed by atoms with Crippen LogP contribution < -0.4 is 5.32 Å². The van der Waals surface area contributed by atoms with E-state index in [4.69, 9.17) is 0 Å². The van der Waals surface area contributed by atoms with Gasteiger partial charge >= 0.3 is 0 Å². The molecule has 0 radical (unpaired) electrons. The van der Waals surface area contributed by atoms with Gasteiger partial charge in [0.15, 0.2) is 0 Å². The number of halogens is 1. The smallest absolute Gasteiger partial charge is 0.223 e. The minimum absolute atomic E-state index is 0.0515. The molecule has 4 heteroatoms. The second-order valence-corrected chi connectivity index (χ2v) is 7.65. The number of amides is 1. The molecule has 2 aromatic rings. The number of benzene rings is 2. The second-order valence-electron chi connectivity index (χ2n) is 7.65. The van der Waals surface area contributed by atoms with Crippen molar-refractivity contribution in [1.82, 2.24) is 10.2 Å². The molecule has 0 aromatic heterocycles. The van der Waals surface area contributed by atoms with Gasteiger partial charge in [-0.15, -0.1) is 0 Å². The third-order valence-electron chi connectivity index (χ3n) is 5.42. The largest absolute Gasteiger partial charge is 0.354 e. The summed E-state index contributed by atoms with van der Waals surface area (Å²) in [6.07, 6.45) is 3.06.